The van der Waals surface area contributed by atoms with Crippen LogP contribution in [0.4, 0.5) is 17.3 Å². The molecule has 8 nitrogen and oxygen atoms in total. The smallest absolute Gasteiger partial charge is 0.311 e. The molecule has 0 radical (unpaired) electrons. The van der Waals surface area contributed by atoms with E-state index in [9.17, 15) is 18.5 Å². The number of anilines is 2. The average molecular weight is 286 g/mol. The first-order chi connectivity index (χ1) is 8.80. The quantitative estimate of drug-likeness (QED) is 0.609. The molecule has 1 aromatic heterocycles. The van der Waals surface area contributed by atoms with Crippen LogP contribution in [-0.2, 0) is 9.84 Å². The van der Waals surface area contributed by atoms with E-state index in [2.05, 4.69) is 4.98 Å². The van der Waals surface area contributed by atoms with E-state index < -0.39 is 14.8 Å². The number of nitrogen functional groups attached to an aromatic ring is 1. The highest BCUT2D eigenvalue weighted by Gasteiger charge is 2.32. The molecule has 104 valence electrons. The number of rotatable bonds is 2. The Morgan fingerprint density at radius 3 is 2.79 bits per heavy atom. The lowest BCUT2D eigenvalue weighted by atomic mass is 10.2. The summed E-state index contributed by atoms with van der Waals surface area (Å²) in [6.07, 6.45) is 0. The molecule has 0 spiro atoms. The van der Waals surface area contributed by atoms with E-state index in [0.29, 0.717) is 0 Å². The lowest BCUT2D eigenvalue weighted by molar-refractivity contribution is -0.384. The molecule has 0 amide bonds. The van der Waals surface area contributed by atoms with Crippen molar-refractivity contribution in [1.29, 1.82) is 0 Å². The van der Waals surface area contributed by atoms with Crippen LogP contribution in [0.25, 0.3) is 0 Å². The van der Waals surface area contributed by atoms with E-state index in [1.165, 1.54) is 12.1 Å². The third kappa shape index (κ3) is 2.75. The van der Waals surface area contributed by atoms with E-state index in [4.69, 9.17) is 5.73 Å². The SMILES string of the molecule is CC1CS(=O)(=O)CCN1c1nc(N)ccc1[N+](=O)[O-]. The van der Waals surface area contributed by atoms with Crippen LogP contribution in [-0.4, -0.2) is 42.4 Å². The number of hydrogen-bond donors (Lipinski definition) is 1. The maximum absolute atomic E-state index is 11.5. The Labute approximate surface area is 110 Å². The van der Waals surface area contributed by atoms with Gasteiger partial charge in [0.2, 0.25) is 5.82 Å². The van der Waals surface area contributed by atoms with Crippen LogP contribution in [0.2, 0.25) is 0 Å². The van der Waals surface area contributed by atoms with Crippen molar-refractivity contribution < 1.29 is 13.3 Å². The van der Waals surface area contributed by atoms with E-state index in [1.54, 1.807) is 11.8 Å². The molecule has 19 heavy (non-hydrogen) atoms. The maximum atomic E-state index is 11.5. The molecule has 1 fully saturated rings. The minimum atomic E-state index is -3.09. The van der Waals surface area contributed by atoms with Crippen molar-refractivity contribution in [2.45, 2.75) is 13.0 Å². The molecule has 1 aliphatic rings. The second-order valence-corrected chi connectivity index (χ2v) is 6.72. The number of aromatic nitrogens is 1. The number of hydrogen-bond acceptors (Lipinski definition) is 7. The van der Waals surface area contributed by atoms with Crippen molar-refractivity contribution >= 4 is 27.2 Å². The lowest BCUT2D eigenvalue weighted by Crippen LogP contribution is -2.47. The second-order valence-electron chi connectivity index (χ2n) is 4.49. The predicted molar refractivity (Wildman–Crippen MR) is 70.8 cm³/mol. The summed E-state index contributed by atoms with van der Waals surface area (Å²) >= 11 is 0. The first kappa shape index (κ1) is 13.5. The topological polar surface area (TPSA) is 119 Å². The molecule has 0 aliphatic carbocycles. The summed E-state index contributed by atoms with van der Waals surface area (Å²) in [4.78, 5) is 16.0. The van der Waals surface area contributed by atoms with Crippen molar-refractivity contribution in [3.63, 3.8) is 0 Å². The third-order valence-corrected chi connectivity index (χ3v) is 4.81. The monoisotopic (exact) mass is 286 g/mol. The van der Waals surface area contributed by atoms with Gasteiger partial charge in [-0.1, -0.05) is 0 Å². The Kier molecular flexibility index (Phi) is 3.31. The number of sulfone groups is 1. The molecule has 1 saturated heterocycles. The zero-order valence-corrected chi connectivity index (χ0v) is 11.1. The molecule has 1 aliphatic heterocycles. The second kappa shape index (κ2) is 4.65. The summed E-state index contributed by atoms with van der Waals surface area (Å²) in [5.41, 5.74) is 5.39. The Morgan fingerprint density at radius 1 is 1.53 bits per heavy atom. The Bertz CT molecular complexity index is 616. The van der Waals surface area contributed by atoms with E-state index in [-0.39, 0.29) is 41.4 Å². The van der Waals surface area contributed by atoms with Gasteiger partial charge in [0.05, 0.1) is 16.4 Å². The molecule has 9 heteroatoms. The minimum absolute atomic E-state index is 0.0367. The average Bonchev–Trinajstić information content (AvgIpc) is 2.27. The van der Waals surface area contributed by atoms with Gasteiger partial charge < -0.3 is 10.6 Å². The molecule has 0 saturated carbocycles. The predicted octanol–water partition coefficient (Wildman–Crippen LogP) is 0.195. The molecule has 0 aromatic carbocycles. The summed E-state index contributed by atoms with van der Waals surface area (Å²) in [6.45, 7) is 1.88. The molecule has 1 aromatic rings. The molecule has 0 bridgehead atoms. The van der Waals surface area contributed by atoms with Crippen LogP contribution in [0, 0.1) is 10.1 Å². The van der Waals surface area contributed by atoms with Crippen LogP contribution >= 0.6 is 0 Å². The lowest BCUT2D eigenvalue weighted by Gasteiger charge is -2.33. The van der Waals surface area contributed by atoms with Gasteiger partial charge in [-0.3, -0.25) is 10.1 Å². The maximum Gasteiger partial charge on any atom is 0.311 e. The highest BCUT2D eigenvalue weighted by molar-refractivity contribution is 7.91. The van der Waals surface area contributed by atoms with Crippen LogP contribution in [0.15, 0.2) is 12.1 Å². The summed E-state index contributed by atoms with van der Waals surface area (Å²) in [5, 5.41) is 11.0. The summed E-state index contributed by atoms with van der Waals surface area (Å²) in [5.74, 6) is 0.222. The molecule has 2 heterocycles. The van der Waals surface area contributed by atoms with Gasteiger partial charge in [-0.05, 0) is 13.0 Å². The van der Waals surface area contributed by atoms with Gasteiger partial charge in [-0.15, -0.1) is 0 Å². The van der Waals surface area contributed by atoms with Gasteiger partial charge >= 0.3 is 5.69 Å². The van der Waals surface area contributed by atoms with Crippen LogP contribution < -0.4 is 10.6 Å². The zero-order valence-electron chi connectivity index (χ0n) is 10.3. The number of nitro groups is 1. The van der Waals surface area contributed by atoms with E-state index in [0.717, 1.165) is 0 Å². The Hall–Kier alpha value is -1.90. The number of nitrogens with two attached hydrogens (primary N) is 1. The highest BCUT2D eigenvalue weighted by atomic mass is 32.2. The normalized spacial score (nSPS) is 22.2. The highest BCUT2D eigenvalue weighted by Crippen LogP contribution is 2.30. The fourth-order valence-electron chi connectivity index (χ4n) is 2.12. The number of nitrogens with zero attached hydrogens (tertiary/aromatic N) is 3. The number of pyridine rings is 1. The van der Waals surface area contributed by atoms with Gasteiger partial charge in [0.15, 0.2) is 9.84 Å². The first-order valence-electron chi connectivity index (χ1n) is 5.68. The van der Waals surface area contributed by atoms with Crippen LogP contribution in [0.3, 0.4) is 0 Å². The molecule has 1 atom stereocenters. The van der Waals surface area contributed by atoms with Crippen molar-refractivity contribution in [2.24, 2.45) is 0 Å². The van der Waals surface area contributed by atoms with Gasteiger partial charge in [0.1, 0.15) is 5.82 Å². The molecular formula is C10H14N4O4S. The van der Waals surface area contributed by atoms with Crippen molar-refractivity contribution in [1.82, 2.24) is 4.98 Å². The summed E-state index contributed by atoms with van der Waals surface area (Å²) < 4.78 is 23.0. The standard InChI is InChI=1S/C10H14N4O4S/c1-7-6-19(17,18)5-4-13(7)10-8(14(15)16)2-3-9(11)12-10/h2-3,7H,4-6H2,1H3,(H2,11,12). The Morgan fingerprint density at radius 2 is 2.21 bits per heavy atom. The summed E-state index contributed by atoms with van der Waals surface area (Å²) in [7, 11) is -3.09. The molecular weight excluding hydrogens is 272 g/mol. The van der Waals surface area contributed by atoms with Gasteiger partial charge in [0, 0.05) is 18.7 Å². The largest absolute Gasteiger partial charge is 0.384 e. The van der Waals surface area contributed by atoms with E-state index >= 15 is 0 Å². The van der Waals surface area contributed by atoms with Gasteiger partial charge in [-0.25, -0.2) is 13.4 Å². The summed E-state index contributed by atoms with van der Waals surface area (Å²) in [6, 6.07) is 2.27. The van der Waals surface area contributed by atoms with Crippen molar-refractivity contribution in [3.05, 3.63) is 22.2 Å². The first-order valence-corrected chi connectivity index (χ1v) is 7.50. The van der Waals surface area contributed by atoms with Crippen molar-refractivity contribution in [3.8, 4) is 0 Å². The van der Waals surface area contributed by atoms with Gasteiger partial charge in [-0.2, -0.15) is 0 Å². The minimum Gasteiger partial charge on any atom is -0.384 e. The molecule has 1 unspecified atom stereocenters. The van der Waals surface area contributed by atoms with E-state index in [1.807, 2.05) is 0 Å². The van der Waals surface area contributed by atoms with Crippen LogP contribution in [0.5, 0.6) is 0 Å². The fourth-order valence-corrected chi connectivity index (χ4v) is 3.68. The van der Waals surface area contributed by atoms with Gasteiger partial charge in [0.25, 0.3) is 0 Å². The third-order valence-electron chi connectivity index (χ3n) is 3.02. The molecule has 2 rings (SSSR count). The molecule has 2 N–H and O–H groups in total. The fraction of sp³-hybridized carbons (Fsp3) is 0.500. The van der Waals surface area contributed by atoms with Crippen LogP contribution in [0.1, 0.15) is 6.92 Å². The van der Waals surface area contributed by atoms with Crippen molar-refractivity contribution in [2.75, 3.05) is 28.7 Å². The Balaban J connectivity index is 2.42. The zero-order chi connectivity index (χ0) is 14.2.